The molecule has 0 heterocycles. The molecule has 0 fully saturated rings. The van der Waals surface area contributed by atoms with Gasteiger partial charge in [0.25, 0.3) is 0 Å². The van der Waals surface area contributed by atoms with Crippen molar-refractivity contribution in [2.24, 2.45) is 0 Å². The predicted octanol–water partition coefficient (Wildman–Crippen LogP) is -0.617. The molecule has 14 nitrogen and oxygen atoms in total. The number of carbonyl (C=O) groups is 6. The van der Waals surface area contributed by atoms with E-state index in [0.29, 0.717) is 12.8 Å². The molecule has 3 unspecified atom stereocenters. The van der Waals surface area contributed by atoms with Gasteiger partial charge in [-0.15, -0.1) is 0 Å². The highest BCUT2D eigenvalue weighted by atomic mass is 16.5. The number of esters is 2. The summed E-state index contributed by atoms with van der Waals surface area (Å²) >= 11 is 0. The lowest BCUT2D eigenvalue weighted by Gasteiger charge is -2.23. The number of hydrogen-bond acceptors (Lipinski definition) is 10. The van der Waals surface area contributed by atoms with Crippen LogP contribution in [-0.4, -0.2) is 90.4 Å². The topological polar surface area (TPSA) is 242 Å². The van der Waals surface area contributed by atoms with E-state index in [2.05, 4.69) is 0 Å². The molecule has 0 rings (SSSR count). The van der Waals surface area contributed by atoms with Crippen LogP contribution in [0.2, 0.25) is 0 Å². The highest BCUT2D eigenvalue weighted by molar-refractivity contribution is 5.89. The zero-order chi connectivity index (χ0) is 25.8. The van der Waals surface area contributed by atoms with Gasteiger partial charge in [0, 0.05) is 0 Å². The van der Waals surface area contributed by atoms with Crippen LogP contribution in [0.5, 0.6) is 0 Å². The molecule has 0 aromatic carbocycles. The summed E-state index contributed by atoms with van der Waals surface area (Å²) in [4.78, 5) is 67.3. The summed E-state index contributed by atoms with van der Waals surface area (Å²) in [6, 6.07) is 0. The van der Waals surface area contributed by atoms with Gasteiger partial charge in [0.15, 0.2) is 11.2 Å². The summed E-state index contributed by atoms with van der Waals surface area (Å²) in [5.41, 5.74) is -5.67. The Morgan fingerprint density at radius 3 is 1.58 bits per heavy atom. The SMILES string of the molecule is CCCC(CCCOC(=O)CC(O)(CC(=O)O)C(=O)O)OC(=O)CC(O)(CC(=O)O)C(=O)O. The number of carboxylic acids is 4. The summed E-state index contributed by atoms with van der Waals surface area (Å²) in [5, 5.41) is 55.0. The quantitative estimate of drug-likeness (QED) is 0.112. The maximum Gasteiger partial charge on any atom is 0.336 e. The molecule has 0 radical (unpaired) electrons. The number of rotatable bonds is 17. The number of aliphatic hydroxyl groups is 2. The van der Waals surface area contributed by atoms with E-state index >= 15 is 0 Å². The normalized spacial score (nSPS) is 15.4. The second-order valence-corrected chi connectivity index (χ2v) is 7.43. The Labute approximate surface area is 187 Å². The summed E-state index contributed by atoms with van der Waals surface area (Å²) in [6.07, 6.45) is -4.31. The van der Waals surface area contributed by atoms with Crippen molar-refractivity contribution in [1.82, 2.24) is 0 Å². The summed E-state index contributed by atoms with van der Waals surface area (Å²) < 4.78 is 9.88. The zero-order valence-corrected chi connectivity index (χ0v) is 17.9. The maximum atomic E-state index is 12.0. The number of hydrogen-bond donors (Lipinski definition) is 6. The van der Waals surface area contributed by atoms with Crippen molar-refractivity contribution in [2.75, 3.05) is 6.61 Å². The Kier molecular flexibility index (Phi) is 12.0. The molecule has 188 valence electrons. The number of ether oxygens (including phenoxy) is 2. The van der Waals surface area contributed by atoms with Crippen LogP contribution in [-0.2, 0) is 38.2 Å². The van der Waals surface area contributed by atoms with Gasteiger partial charge in [0.2, 0.25) is 0 Å². The third kappa shape index (κ3) is 11.2. The first-order valence-corrected chi connectivity index (χ1v) is 9.85. The lowest BCUT2D eigenvalue weighted by molar-refractivity contribution is -0.174. The Morgan fingerprint density at radius 1 is 0.727 bits per heavy atom. The fraction of sp³-hybridized carbons (Fsp3) is 0.684. The van der Waals surface area contributed by atoms with Crippen LogP contribution in [0.3, 0.4) is 0 Å². The predicted molar refractivity (Wildman–Crippen MR) is 104 cm³/mol. The molecule has 0 saturated heterocycles. The third-order valence-corrected chi connectivity index (χ3v) is 4.40. The molecule has 0 amide bonds. The van der Waals surface area contributed by atoms with Gasteiger partial charge in [-0.1, -0.05) is 13.3 Å². The van der Waals surface area contributed by atoms with E-state index < -0.39 is 78.8 Å². The van der Waals surface area contributed by atoms with Gasteiger partial charge in [0.1, 0.15) is 6.10 Å². The van der Waals surface area contributed by atoms with Gasteiger partial charge < -0.3 is 40.1 Å². The molecule has 0 saturated carbocycles. The Hall–Kier alpha value is -3.26. The van der Waals surface area contributed by atoms with Crippen molar-refractivity contribution in [3.05, 3.63) is 0 Å². The molecule has 14 heteroatoms. The molecule has 0 aliphatic rings. The Bertz CT molecular complexity index is 747. The second kappa shape index (κ2) is 13.3. The molecule has 0 spiro atoms. The van der Waals surface area contributed by atoms with Gasteiger partial charge in [-0.2, -0.15) is 0 Å². The molecule has 0 aliphatic heterocycles. The van der Waals surface area contributed by atoms with E-state index in [9.17, 15) is 39.0 Å². The van der Waals surface area contributed by atoms with E-state index in [-0.39, 0.29) is 19.4 Å². The Morgan fingerprint density at radius 2 is 1.18 bits per heavy atom. The second-order valence-electron chi connectivity index (χ2n) is 7.43. The minimum absolute atomic E-state index is 0.104. The van der Waals surface area contributed by atoms with Crippen LogP contribution in [0.25, 0.3) is 0 Å². The lowest BCUT2D eigenvalue weighted by atomic mass is 9.96. The van der Waals surface area contributed by atoms with Crippen molar-refractivity contribution < 1.29 is 68.9 Å². The van der Waals surface area contributed by atoms with Crippen LogP contribution >= 0.6 is 0 Å². The fourth-order valence-electron chi connectivity index (χ4n) is 2.77. The van der Waals surface area contributed by atoms with Crippen LogP contribution < -0.4 is 0 Å². The number of aliphatic carboxylic acids is 4. The minimum atomic E-state index is -2.84. The highest BCUT2D eigenvalue weighted by Crippen LogP contribution is 2.20. The largest absolute Gasteiger partial charge is 0.481 e. The van der Waals surface area contributed by atoms with Gasteiger partial charge in [-0.3, -0.25) is 19.2 Å². The summed E-state index contributed by atoms with van der Waals surface area (Å²) in [6.45, 7) is 1.48. The summed E-state index contributed by atoms with van der Waals surface area (Å²) in [5.74, 6) is -9.36. The Balaban J connectivity index is 4.75. The van der Waals surface area contributed by atoms with Crippen LogP contribution in [0, 0.1) is 0 Å². The highest BCUT2D eigenvalue weighted by Gasteiger charge is 2.42. The lowest BCUT2D eigenvalue weighted by Crippen LogP contribution is -2.43. The number of carbonyl (C=O) groups excluding carboxylic acids is 2. The molecule has 0 aromatic rings. The maximum absolute atomic E-state index is 12.0. The van der Waals surface area contributed by atoms with E-state index in [1.807, 2.05) is 0 Å². The molecule has 0 aliphatic carbocycles. The molecule has 0 bridgehead atoms. The molecule has 6 N–H and O–H groups in total. The molecule has 33 heavy (non-hydrogen) atoms. The van der Waals surface area contributed by atoms with Crippen LogP contribution in [0.4, 0.5) is 0 Å². The van der Waals surface area contributed by atoms with Crippen molar-refractivity contribution in [3.8, 4) is 0 Å². The molecule has 3 atom stereocenters. The third-order valence-electron chi connectivity index (χ3n) is 4.40. The first kappa shape index (κ1) is 29.7. The van der Waals surface area contributed by atoms with E-state index in [1.165, 1.54) is 0 Å². The van der Waals surface area contributed by atoms with Gasteiger partial charge >= 0.3 is 35.8 Å². The number of carboxylic acid groups (broad SMARTS) is 4. The van der Waals surface area contributed by atoms with Crippen molar-refractivity contribution in [3.63, 3.8) is 0 Å². The standard InChI is InChI=1S/C19H28O14/c1-2-4-11(33-15(25)10-19(31,17(28)29)8-13(22)23)5-3-6-32-14(24)9-18(30,16(26)27)7-12(20)21/h11,30-31H,2-10H2,1H3,(H,20,21)(H,22,23)(H,26,27)(H,28,29). The first-order valence-electron chi connectivity index (χ1n) is 9.85. The van der Waals surface area contributed by atoms with E-state index in [4.69, 9.17) is 29.9 Å². The average Bonchev–Trinajstić information content (AvgIpc) is 2.63. The van der Waals surface area contributed by atoms with Gasteiger partial charge in [-0.25, -0.2) is 9.59 Å². The monoisotopic (exact) mass is 480 g/mol. The summed E-state index contributed by atoms with van der Waals surface area (Å²) in [7, 11) is 0. The molecular weight excluding hydrogens is 452 g/mol. The minimum Gasteiger partial charge on any atom is -0.481 e. The smallest absolute Gasteiger partial charge is 0.336 e. The first-order chi connectivity index (χ1) is 15.1. The molecular formula is C19H28O14. The molecule has 0 aromatic heterocycles. The zero-order valence-electron chi connectivity index (χ0n) is 17.9. The van der Waals surface area contributed by atoms with Gasteiger partial charge in [-0.05, 0) is 19.3 Å². The van der Waals surface area contributed by atoms with Crippen molar-refractivity contribution in [2.45, 2.75) is 75.6 Å². The van der Waals surface area contributed by atoms with Gasteiger partial charge in [0.05, 0.1) is 32.3 Å². The van der Waals surface area contributed by atoms with Crippen LogP contribution in [0.1, 0.15) is 58.3 Å². The van der Waals surface area contributed by atoms with Crippen LogP contribution in [0.15, 0.2) is 0 Å². The van der Waals surface area contributed by atoms with E-state index in [1.54, 1.807) is 6.92 Å². The van der Waals surface area contributed by atoms with E-state index in [0.717, 1.165) is 0 Å². The van der Waals surface area contributed by atoms with Crippen molar-refractivity contribution in [1.29, 1.82) is 0 Å². The fourth-order valence-corrected chi connectivity index (χ4v) is 2.77. The average molecular weight is 480 g/mol. The van der Waals surface area contributed by atoms with Crippen molar-refractivity contribution >= 4 is 35.8 Å².